The van der Waals surface area contributed by atoms with Crippen molar-refractivity contribution in [2.75, 3.05) is 6.61 Å². The maximum atomic E-state index is 10.7. The molecule has 0 amide bonds. The molecule has 4 rings (SSSR count). The van der Waals surface area contributed by atoms with Gasteiger partial charge < -0.3 is 9.84 Å². The zero-order valence-electron chi connectivity index (χ0n) is 11.4. The first-order chi connectivity index (χ1) is 10.3. The second kappa shape index (κ2) is 4.86. The quantitative estimate of drug-likeness (QED) is 0.780. The average Bonchev–Trinajstić information content (AvgIpc) is 2.98. The highest BCUT2D eigenvalue weighted by atomic mass is 16.5. The minimum Gasteiger partial charge on any atom is -0.493 e. The number of aliphatic hydroxyl groups is 1. The lowest BCUT2D eigenvalue weighted by Gasteiger charge is -2.18. The van der Waals surface area contributed by atoms with E-state index in [0.717, 1.165) is 27.8 Å². The normalized spacial score (nSPS) is 18.2. The van der Waals surface area contributed by atoms with Crippen LogP contribution >= 0.6 is 0 Å². The molecule has 104 valence electrons. The lowest BCUT2D eigenvalue weighted by molar-refractivity contribution is 0.130. The van der Waals surface area contributed by atoms with E-state index in [0.29, 0.717) is 6.61 Å². The molecule has 3 aromatic rings. The molecular formula is C18H15NO2. The second-order valence-electron chi connectivity index (χ2n) is 5.36. The lowest BCUT2D eigenvalue weighted by atomic mass is 9.90. The summed E-state index contributed by atoms with van der Waals surface area (Å²) in [6.45, 7) is 0.515. The monoisotopic (exact) mass is 277 g/mol. The van der Waals surface area contributed by atoms with Gasteiger partial charge >= 0.3 is 0 Å². The highest BCUT2D eigenvalue weighted by molar-refractivity contribution is 5.79. The molecule has 0 saturated carbocycles. The summed E-state index contributed by atoms with van der Waals surface area (Å²) in [4.78, 5) is 4.35. The summed E-state index contributed by atoms with van der Waals surface area (Å²) in [5.74, 6) is 0.850. The number of pyridine rings is 1. The van der Waals surface area contributed by atoms with Crippen LogP contribution in [0.4, 0.5) is 0 Å². The summed E-state index contributed by atoms with van der Waals surface area (Å²) in [5.41, 5.74) is 2.86. The molecule has 3 heteroatoms. The number of hydrogen-bond donors (Lipinski definition) is 1. The molecule has 1 aromatic heterocycles. The number of benzene rings is 2. The smallest absolute Gasteiger partial charge is 0.123 e. The van der Waals surface area contributed by atoms with Gasteiger partial charge in [0.15, 0.2) is 0 Å². The van der Waals surface area contributed by atoms with Crippen LogP contribution in [0.1, 0.15) is 23.1 Å². The molecule has 0 radical (unpaired) electrons. The van der Waals surface area contributed by atoms with Crippen molar-refractivity contribution in [1.29, 1.82) is 0 Å². The lowest BCUT2D eigenvalue weighted by Crippen LogP contribution is -2.12. The number of para-hydroxylation sites is 1. The van der Waals surface area contributed by atoms with Gasteiger partial charge in [-0.25, -0.2) is 0 Å². The van der Waals surface area contributed by atoms with Gasteiger partial charge in [0.25, 0.3) is 0 Å². The number of aliphatic hydroxyl groups excluding tert-OH is 1. The number of fused-ring (bicyclic) bond motifs is 2. The Morgan fingerprint density at radius 3 is 2.95 bits per heavy atom. The van der Waals surface area contributed by atoms with Crippen LogP contribution in [0.3, 0.4) is 0 Å². The average molecular weight is 277 g/mol. The third kappa shape index (κ3) is 2.06. The third-order valence-electron chi connectivity index (χ3n) is 4.09. The number of ether oxygens (including phenoxy) is 1. The van der Waals surface area contributed by atoms with Crippen molar-refractivity contribution in [2.45, 2.75) is 12.0 Å². The third-order valence-corrected chi connectivity index (χ3v) is 4.09. The molecule has 2 aromatic carbocycles. The molecule has 0 saturated heterocycles. The Hall–Kier alpha value is -2.39. The summed E-state index contributed by atoms with van der Waals surface area (Å²) in [6.07, 6.45) is 1.19. The van der Waals surface area contributed by atoms with Crippen LogP contribution in [0.2, 0.25) is 0 Å². The van der Waals surface area contributed by atoms with Gasteiger partial charge in [0.2, 0.25) is 0 Å². The van der Waals surface area contributed by atoms with E-state index in [1.807, 2.05) is 54.6 Å². The summed E-state index contributed by atoms with van der Waals surface area (Å²) >= 11 is 0. The predicted octanol–water partition coefficient (Wildman–Crippen LogP) is 3.44. The van der Waals surface area contributed by atoms with E-state index >= 15 is 0 Å². The van der Waals surface area contributed by atoms with Gasteiger partial charge in [-0.05, 0) is 23.8 Å². The Morgan fingerprint density at radius 1 is 1.10 bits per heavy atom. The maximum Gasteiger partial charge on any atom is 0.123 e. The van der Waals surface area contributed by atoms with Gasteiger partial charge in [-0.2, -0.15) is 0 Å². The fourth-order valence-electron chi connectivity index (χ4n) is 2.95. The molecular weight excluding hydrogens is 262 g/mol. The van der Waals surface area contributed by atoms with Crippen molar-refractivity contribution < 1.29 is 9.84 Å². The van der Waals surface area contributed by atoms with Gasteiger partial charge in [0.1, 0.15) is 5.75 Å². The van der Waals surface area contributed by atoms with E-state index in [1.165, 1.54) is 0 Å². The van der Waals surface area contributed by atoms with Crippen molar-refractivity contribution in [3.63, 3.8) is 0 Å². The SMILES string of the molecule is OC(c1ccc2cccnc2c1)C1COc2ccccc21. The van der Waals surface area contributed by atoms with Crippen molar-refractivity contribution in [2.24, 2.45) is 0 Å². The van der Waals surface area contributed by atoms with Crippen LogP contribution in [0.5, 0.6) is 5.75 Å². The van der Waals surface area contributed by atoms with Crippen LogP contribution in [-0.2, 0) is 0 Å². The molecule has 2 atom stereocenters. The van der Waals surface area contributed by atoms with E-state index < -0.39 is 6.10 Å². The molecule has 1 aliphatic heterocycles. The molecule has 0 aliphatic carbocycles. The summed E-state index contributed by atoms with van der Waals surface area (Å²) in [7, 11) is 0. The second-order valence-corrected chi connectivity index (χ2v) is 5.36. The zero-order valence-corrected chi connectivity index (χ0v) is 11.4. The van der Waals surface area contributed by atoms with Crippen LogP contribution in [-0.4, -0.2) is 16.7 Å². The molecule has 0 fully saturated rings. The van der Waals surface area contributed by atoms with Crippen molar-refractivity contribution in [3.8, 4) is 5.75 Å². The molecule has 1 N–H and O–H groups in total. The summed E-state index contributed by atoms with van der Waals surface area (Å²) in [5, 5.41) is 11.8. The topological polar surface area (TPSA) is 42.4 Å². The highest BCUT2D eigenvalue weighted by Crippen LogP contribution is 2.41. The summed E-state index contributed by atoms with van der Waals surface area (Å²) in [6, 6.07) is 17.8. The van der Waals surface area contributed by atoms with Gasteiger partial charge in [-0.3, -0.25) is 4.98 Å². The zero-order chi connectivity index (χ0) is 14.2. The Morgan fingerprint density at radius 2 is 2.00 bits per heavy atom. The fraction of sp³-hybridized carbons (Fsp3) is 0.167. The van der Waals surface area contributed by atoms with Crippen LogP contribution in [0, 0.1) is 0 Å². The Bertz CT molecular complexity index is 800. The Balaban J connectivity index is 1.72. The number of hydrogen-bond acceptors (Lipinski definition) is 3. The van der Waals surface area contributed by atoms with E-state index in [4.69, 9.17) is 4.74 Å². The first kappa shape index (κ1) is 12.4. The van der Waals surface area contributed by atoms with Crippen molar-refractivity contribution in [3.05, 3.63) is 71.9 Å². The van der Waals surface area contributed by atoms with Crippen LogP contribution < -0.4 is 4.74 Å². The van der Waals surface area contributed by atoms with Gasteiger partial charge in [0.05, 0.1) is 24.1 Å². The number of aromatic nitrogens is 1. The minimum atomic E-state index is -0.583. The van der Waals surface area contributed by atoms with Crippen molar-refractivity contribution in [1.82, 2.24) is 4.98 Å². The van der Waals surface area contributed by atoms with E-state index in [2.05, 4.69) is 4.98 Å². The molecule has 0 spiro atoms. The van der Waals surface area contributed by atoms with E-state index in [1.54, 1.807) is 6.20 Å². The molecule has 2 unspecified atom stereocenters. The van der Waals surface area contributed by atoms with Crippen molar-refractivity contribution >= 4 is 10.9 Å². The first-order valence-electron chi connectivity index (χ1n) is 7.07. The number of nitrogens with zero attached hydrogens (tertiary/aromatic N) is 1. The van der Waals surface area contributed by atoms with E-state index in [-0.39, 0.29) is 5.92 Å². The van der Waals surface area contributed by atoms with E-state index in [9.17, 15) is 5.11 Å². The predicted molar refractivity (Wildman–Crippen MR) is 81.4 cm³/mol. The number of rotatable bonds is 2. The molecule has 1 aliphatic rings. The first-order valence-corrected chi connectivity index (χ1v) is 7.07. The molecule has 3 nitrogen and oxygen atoms in total. The highest BCUT2D eigenvalue weighted by Gasteiger charge is 2.31. The minimum absolute atomic E-state index is 0.0256. The van der Waals surface area contributed by atoms with Gasteiger partial charge in [-0.1, -0.05) is 36.4 Å². The molecule has 0 bridgehead atoms. The molecule has 21 heavy (non-hydrogen) atoms. The standard InChI is InChI=1S/C18H15NO2/c20-18(15-11-21-17-6-2-1-5-14(15)17)13-8-7-12-4-3-9-19-16(12)10-13/h1-10,15,18,20H,11H2. The fourth-order valence-corrected chi connectivity index (χ4v) is 2.95. The Kier molecular flexibility index (Phi) is 2.86. The van der Waals surface area contributed by atoms with Crippen LogP contribution in [0.15, 0.2) is 60.8 Å². The van der Waals surface area contributed by atoms with Crippen LogP contribution in [0.25, 0.3) is 10.9 Å². The Labute approximate surface area is 122 Å². The molecule has 2 heterocycles. The van der Waals surface area contributed by atoms with Gasteiger partial charge in [0, 0.05) is 17.1 Å². The largest absolute Gasteiger partial charge is 0.493 e. The maximum absolute atomic E-state index is 10.7. The van der Waals surface area contributed by atoms with Gasteiger partial charge in [-0.15, -0.1) is 0 Å². The summed E-state index contributed by atoms with van der Waals surface area (Å²) < 4.78 is 5.67.